The van der Waals surface area contributed by atoms with Crippen LogP contribution in [0.2, 0.25) is 0 Å². The molecule has 0 spiro atoms. The first-order chi connectivity index (χ1) is 8.79. The van der Waals surface area contributed by atoms with Crippen LogP contribution in [-0.4, -0.2) is 15.0 Å². The van der Waals surface area contributed by atoms with Gasteiger partial charge in [-0.25, -0.2) is 9.97 Å². The lowest BCUT2D eigenvalue weighted by molar-refractivity contribution is 0.602. The SMILES string of the molecule is CCCCCCCCc1nc2nc(N)ccc2[nH]1. The highest BCUT2D eigenvalue weighted by molar-refractivity contribution is 5.72. The molecule has 0 bridgehead atoms. The van der Waals surface area contributed by atoms with Gasteiger partial charge in [0.2, 0.25) is 0 Å². The van der Waals surface area contributed by atoms with Crippen molar-refractivity contribution in [3.05, 3.63) is 18.0 Å². The average Bonchev–Trinajstić information content (AvgIpc) is 2.75. The minimum absolute atomic E-state index is 0.528. The van der Waals surface area contributed by atoms with Crippen molar-refractivity contribution in [2.24, 2.45) is 0 Å². The lowest BCUT2D eigenvalue weighted by atomic mass is 10.1. The van der Waals surface area contributed by atoms with E-state index < -0.39 is 0 Å². The fourth-order valence-corrected chi connectivity index (χ4v) is 2.15. The van der Waals surface area contributed by atoms with Crippen molar-refractivity contribution in [2.45, 2.75) is 51.9 Å². The molecule has 0 atom stereocenters. The Morgan fingerprint density at radius 3 is 2.67 bits per heavy atom. The number of aromatic nitrogens is 3. The van der Waals surface area contributed by atoms with Gasteiger partial charge in [0.1, 0.15) is 11.6 Å². The first-order valence-corrected chi connectivity index (χ1v) is 6.90. The quantitative estimate of drug-likeness (QED) is 0.735. The Morgan fingerprint density at radius 1 is 1.06 bits per heavy atom. The summed E-state index contributed by atoms with van der Waals surface area (Å²) in [5, 5.41) is 0. The van der Waals surface area contributed by atoms with Crippen molar-refractivity contribution >= 4 is 17.0 Å². The summed E-state index contributed by atoms with van der Waals surface area (Å²) < 4.78 is 0. The molecular weight excluding hydrogens is 224 g/mol. The second-order valence-corrected chi connectivity index (χ2v) is 4.81. The van der Waals surface area contributed by atoms with E-state index in [1.807, 2.05) is 6.07 Å². The van der Waals surface area contributed by atoms with E-state index in [1.54, 1.807) is 6.07 Å². The summed E-state index contributed by atoms with van der Waals surface area (Å²) in [5.74, 6) is 1.55. The lowest BCUT2D eigenvalue weighted by Gasteiger charge is -1.98. The molecule has 0 aromatic carbocycles. The minimum Gasteiger partial charge on any atom is -0.384 e. The smallest absolute Gasteiger partial charge is 0.179 e. The number of aromatic amines is 1. The van der Waals surface area contributed by atoms with Gasteiger partial charge in [-0.05, 0) is 18.6 Å². The van der Waals surface area contributed by atoms with Crippen molar-refractivity contribution in [3.8, 4) is 0 Å². The van der Waals surface area contributed by atoms with Gasteiger partial charge in [0.15, 0.2) is 5.65 Å². The van der Waals surface area contributed by atoms with Gasteiger partial charge in [-0.1, -0.05) is 39.0 Å². The molecule has 4 heteroatoms. The van der Waals surface area contributed by atoms with E-state index in [-0.39, 0.29) is 0 Å². The van der Waals surface area contributed by atoms with E-state index in [4.69, 9.17) is 5.73 Å². The number of fused-ring (bicyclic) bond motifs is 1. The van der Waals surface area contributed by atoms with Crippen molar-refractivity contribution < 1.29 is 0 Å². The highest BCUT2D eigenvalue weighted by Gasteiger charge is 2.03. The zero-order valence-corrected chi connectivity index (χ0v) is 11.1. The molecule has 0 aliphatic heterocycles. The van der Waals surface area contributed by atoms with Gasteiger partial charge in [-0.2, -0.15) is 0 Å². The van der Waals surface area contributed by atoms with Crippen LogP contribution in [0.1, 0.15) is 51.3 Å². The lowest BCUT2D eigenvalue weighted by Crippen LogP contribution is -1.89. The third-order valence-corrected chi connectivity index (χ3v) is 3.18. The van der Waals surface area contributed by atoms with Crippen LogP contribution in [0.4, 0.5) is 5.82 Å². The molecule has 18 heavy (non-hydrogen) atoms. The summed E-state index contributed by atoms with van der Waals surface area (Å²) in [5.41, 5.74) is 7.35. The number of rotatable bonds is 7. The second kappa shape index (κ2) is 6.38. The van der Waals surface area contributed by atoms with Gasteiger partial charge in [-0.15, -0.1) is 0 Å². The van der Waals surface area contributed by atoms with E-state index >= 15 is 0 Å². The van der Waals surface area contributed by atoms with Crippen molar-refractivity contribution in [3.63, 3.8) is 0 Å². The Kier molecular flexibility index (Phi) is 4.56. The monoisotopic (exact) mass is 246 g/mol. The maximum absolute atomic E-state index is 5.64. The average molecular weight is 246 g/mol. The number of anilines is 1. The molecule has 0 unspecified atom stereocenters. The Balaban J connectivity index is 1.81. The standard InChI is InChI=1S/C14H22N4/c1-2-3-4-5-6-7-8-13-16-11-9-10-12(15)17-14(11)18-13/h9-10H,2-8H2,1H3,(H3,15,16,17,18). The van der Waals surface area contributed by atoms with Crippen molar-refractivity contribution in [1.29, 1.82) is 0 Å². The fourth-order valence-electron chi connectivity index (χ4n) is 2.15. The summed E-state index contributed by atoms with van der Waals surface area (Å²) in [7, 11) is 0. The molecule has 0 fully saturated rings. The van der Waals surface area contributed by atoms with E-state index in [0.717, 1.165) is 23.4 Å². The third-order valence-electron chi connectivity index (χ3n) is 3.18. The van der Waals surface area contributed by atoms with Crippen LogP contribution in [0.25, 0.3) is 11.2 Å². The number of aryl methyl sites for hydroxylation is 1. The zero-order chi connectivity index (χ0) is 12.8. The van der Waals surface area contributed by atoms with Crippen molar-refractivity contribution in [1.82, 2.24) is 15.0 Å². The van der Waals surface area contributed by atoms with Crippen LogP contribution in [0, 0.1) is 0 Å². The van der Waals surface area contributed by atoms with Crippen LogP contribution in [0.15, 0.2) is 12.1 Å². The topological polar surface area (TPSA) is 67.6 Å². The van der Waals surface area contributed by atoms with E-state index in [1.165, 1.54) is 38.5 Å². The first kappa shape index (κ1) is 12.9. The third kappa shape index (κ3) is 3.45. The second-order valence-electron chi connectivity index (χ2n) is 4.81. The molecule has 0 aliphatic rings. The van der Waals surface area contributed by atoms with E-state index in [2.05, 4.69) is 21.9 Å². The van der Waals surface area contributed by atoms with Crippen LogP contribution >= 0.6 is 0 Å². The molecule has 2 heterocycles. The largest absolute Gasteiger partial charge is 0.384 e. The van der Waals surface area contributed by atoms with Gasteiger partial charge in [0.05, 0.1) is 5.52 Å². The number of imidazole rings is 1. The summed E-state index contributed by atoms with van der Waals surface area (Å²) in [6, 6.07) is 3.74. The minimum atomic E-state index is 0.528. The highest BCUT2D eigenvalue weighted by atomic mass is 15.0. The number of H-pyrrole nitrogens is 1. The highest BCUT2D eigenvalue weighted by Crippen LogP contribution is 2.13. The Morgan fingerprint density at radius 2 is 1.83 bits per heavy atom. The normalized spacial score (nSPS) is 11.2. The molecule has 0 amide bonds. The summed E-state index contributed by atoms with van der Waals surface area (Å²) in [6.07, 6.45) is 8.83. The number of pyridine rings is 1. The van der Waals surface area contributed by atoms with Crippen LogP contribution < -0.4 is 5.73 Å². The Hall–Kier alpha value is -1.58. The van der Waals surface area contributed by atoms with Gasteiger partial charge < -0.3 is 10.7 Å². The summed E-state index contributed by atoms with van der Waals surface area (Å²) in [6.45, 7) is 2.24. The molecule has 98 valence electrons. The molecule has 2 rings (SSSR count). The number of hydrogen-bond donors (Lipinski definition) is 2. The number of hydrogen-bond acceptors (Lipinski definition) is 3. The predicted octanol–water partition coefficient (Wildman–Crippen LogP) is 3.44. The molecule has 0 aliphatic carbocycles. The van der Waals surface area contributed by atoms with E-state index in [0.29, 0.717) is 5.82 Å². The molecular formula is C14H22N4. The predicted molar refractivity (Wildman–Crippen MR) is 75.4 cm³/mol. The Bertz CT molecular complexity index is 489. The molecule has 0 saturated heterocycles. The van der Waals surface area contributed by atoms with Crippen LogP contribution in [0.5, 0.6) is 0 Å². The number of nitrogens with two attached hydrogens (primary N) is 1. The summed E-state index contributed by atoms with van der Waals surface area (Å²) >= 11 is 0. The van der Waals surface area contributed by atoms with Gasteiger partial charge in [0, 0.05) is 6.42 Å². The number of unbranched alkanes of at least 4 members (excludes halogenated alkanes) is 5. The first-order valence-electron chi connectivity index (χ1n) is 6.90. The van der Waals surface area contributed by atoms with Crippen LogP contribution in [0.3, 0.4) is 0 Å². The van der Waals surface area contributed by atoms with Gasteiger partial charge >= 0.3 is 0 Å². The maximum Gasteiger partial charge on any atom is 0.179 e. The van der Waals surface area contributed by atoms with Gasteiger partial charge in [-0.3, -0.25) is 0 Å². The number of nitrogens with zero attached hydrogens (tertiary/aromatic N) is 2. The molecule has 4 nitrogen and oxygen atoms in total. The Labute approximate surface area is 108 Å². The molecule has 2 aromatic rings. The molecule has 2 aromatic heterocycles. The summed E-state index contributed by atoms with van der Waals surface area (Å²) in [4.78, 5) is 12.0. The van der Waals surface area contributed by atoms with Crippen molar-refractivity contribution in [2.75, 3.05) is 5.73 Å². The van der Waals surface area contributed by atoms with Gasteiger partial charge in [0.25, 0.3) is 0 Å². The molecule has 0 saturated carbocycles. The fraction of sp³-hybridized carbons (Fsp3) is 0.571. The zero-order valence-electron chi connectivity index (χ0n) is 11.1. The number of nitrogen functional groups attached to an aromatic ring is 1. The van der Waals surface area contributed by atoms with E-state index in [9.17, 15) is 0 Å². The maximum atomic E-state index is 5.64. The van der Waals surface area contributed by atoms with Crippen LogP contribution in [-0.2, 0) is 6.42 Å². The molecule has 0 radical (unpaired) electrons. The molecule has 3 N–H and O–H groups in total. The number of nitrogens with one attached hydrogen (secondary N) is 1.